The summed E-state index contributed by atoms with van der Waals surface area (Å²) < 4.78 is 73.9. The molecule has 0 spiro atoms. The van der Waals surface area contributed by atoms with Gasteiger partial charge in [-0.3, -0.25) is 14.5 Å². The van der Waals surface area contributed by atoms with E-state index in [1.54, 1.807) is 45.0 Å². The molecule has 0 atom stereocenters. The Morgan fingerprint density at radius 1 is 0.898 bits per heavy atom. The number of carbonyl (C=O) groups is 4. The van der Waals surface area contributed by atoms with Crippen LogP contribution in [-0.2, 0) is 27.0 Å². The van der Waals surface area contributed by atoms with Crippen LogP contribution in [0.5, 0.6) is 0 Å². The molecule has 0 aromatic heterocycles. The van der Waals surface area contributed by atoms with Gasteiger partial charge in [-0.1, -0.05) is 6.07 Å². The van der Waals surface area contributed by atoms with Crippen molar-refractivity contribution in [2.75, 3.05) is 34.8 Å². The Morgan fingerprint density at radius 2 is 1.55 bits per heavy atom. The summed E-state index contributed by atoms with van der Waals surface area (Å²) in [6, 6.07) is 11.3. The number of hydrogen-bond donors (Lipinski definition) is 1. The highest BCUT2D eigenvalue weighted by Gasteiger charge is 2.52. The fourth-order valence-electron chi connectivity index (χ4n) is 5.48. The maximum absolute atomic E-state index is 14.4. The Hall–Kier alpha value is -5.21. The predicted octanol–water partition coefficient (Wildman–Crippen LogP) is 7.06. The number of ether oxygens (including phenoxy) is 1. The van der Waals surface area contributed by atoms with Crippen molar-refractivity contribution in [1.29, 1.82) is 0 Å². The van der Waals surface area contributed by atoms with Crippen LogP contribution in [0, 0.1) is 11.6 Å². The zero-order chi connectivity index (χ0) is 36.1. The molecular weight excluding hydrogens is 653 g/mol. The van der Waals surface area contributed by atoms with Crippen molar-refractivity contribution >= 4 is 46.7 Å². The van der Waals surface area contributed by atoms with Gasteiger partial charge in [-0.05, 0) is 94.8 Å². The third kappa shape index (κ3) is 7.29. The Kier molecular flexibility index (Phi) is 9.08. The Labute approximate surface area is 279 Å². The highest BCUT2D eigenvalue weighted by molar-refractivity contribution is 6.23. The van der Waals surface area contributed by atoms with Gasteiger partial charge in [-0.25, -0.2) is 23.3 Å². The number of halogens is 5. The molecule has 0 radical (unpaired) electrons. The number of nitrogens with zero attached hydrogens (tertiary/aromatic N) is 4. The summed E-state index contributed by atoms with van der Waals surface area (Å²) in [5, 5.41) is 3.08. The van der Waals surface area contributed by atoms with Crippen molar-refractivity contribution in [2.24, 2.45) is 0 Å². The van der Waals surface area contributed by atoms with E-state index in [0.29, 0.717) is 34.0 Å². The average Bonchev–Trinajstić information content (AvgIpc) is 3.16. The first-order chi connectivity index (χ1) is 22.8. The van der Waals surface area contributed by atoms with Gasteiger partial charge in [0.25, 0.3) is 5.91 Å². The number of nitrogens with one attached hydrogen (secondary N) is 1. The van der Waals surface area contributed by atoms with Gasteiger partial charge in [0.05, 0.1) is 17.8 Å². The zero-order valence-corrected chi connectivity index (χ0v) is 27.3. The predicted molar refractivity (Wildman–Crippen MR) is 170 cm³/mol. The van der Waals surface area contributed by atoms with Gasteiger partial charge in [0.2, 0.25) is 5.91 Å². The average molecular weight is 688 g/mol. The molecule has 2 heterocycles. The lowest BCUT2D eigenvalue weighted by molar-refractivity contribution is -0.140. The van der Waals surface area contributed by atoms with Crippen molar-refractivity contribution in [2.45, 2.75) is 58.5 Å². The molecule has 0 bridgehead atoms. The summed E-state index contributed by atoms with van der Waals surface area (Å²) >= 11 is 0. The van der Waals surface area contributed by atoms with Gasteiger partial charge in [0.15, 0.2) is 0 Å². The monoisotopic (exact) mass is 687 g/mol. The summed E-state index contributed by atoms with van der Waals surface area (Å²) in [6.45, 7) is 8.17. The summed E-state index contributed by atoms with van der Waals surface area (Å²) in [6.07, 6.45) is -5.63. The molecule has 3 aromatic rings. The second kappa shape index (κ2) is 12.7. The number of piperazine rings is 1. The van der Waals surface area contributed by atoms with E-state index in [2.05, 4.69) is 5.32 Å². The molecule has 5 rings (SSSR count). The molecule has 1 N–H and O–H groups in total. The first kappa shape index (κ1) is 35.1. The number of carbonyl (C=O) groups excluding carboxylic acids is 4. The second-order valence-corrected chi connectivity index (χ2v) is 13.2. The van der Waals surface area contributed by atoms with Crippen LogP contribution in [0.15, 0.2) is 60.7 Å². The van der Waals surface area contributed by atoms with Crippen LogP contribution in [-0.4, -0.2) is 64.5 Å². The van der Waals surface area contributed by atoms with Crippen LogP contribution < -0.4 is 15.1 Å². The number of alkyl halides is 3. The first-order valence-electron chi connectivity index (χ1n) is 15.2. The molecule has 0 saturated carbocycles. The first-order valence-corrected chi connectivity index (χ1v) is 15.2. The highest BCUT2D eigenvalue weighted by atomic mass is 19.4. The van der Waals surface area contributed by atoms with Crippen LogP contribution in [0.3, 0.4) is 0 Å². The van der Waals surface area contributed by atoms with Crippen molar-refractivity contribution < 1.29 is 45.9 Å². The fourth-order valence-corrected chi connectivity index (χ4v) is 5.48. The SMILES string of the molecule is CC(C)(C)OC(=O)N1CCN(c2ccc(Nc3cc(F)ccc3CN3C(=O)N(c4ccc(F)c(C(F)(F)F)c4)C(=O)C3(C)C)cc2)C(=O)C1. The van der Waals surface area contributed by atoms with Gasteiger partial charge in [0, 0.05) is 30.2 Å². The van der Waals surface area contributed by atoms with Crippen molar-refractivity contribution in [3.05, 3.63) is 83.4 Å². The molecule has 49 heavy (non-hydrogen) atoms. The van der Waals surface area contributed by atoms with E-state index < -0.39 is 58.2 Å². The van der Waals surface area contributed by atoms with Gasteiger partial charge in [-0.2, -0.15) is 13.2 Å². The molecule has 2 aliphatic rings. The second-order valence-electron chi connectivity index (χ2n) is 13.2. The zero-order valence-electron chi connectivity index (χ0n) is 27.3. The van der Waals surface area contributed by atoms with E-state index in [0.717, 1.165) is 17.0 Å². The van der Waals surface area contributed by atoms with Crippen molar-refractivity contribution in [1.82, 2.24) is 9.80 Å². The fraction of sp³-hybridized carbons (Fsp3) is 0.353. The van der Waals surface area contributed by atoms with Crippen LogP contribution in [0.4, 0.5) is 54.3 Å². The maximum atomic E-state index is 14.4. The minimum Gasteiger partial charge on any atom is -0.444 e. The normalized spacial score (nSPS) is 16.8. The molecule has 2 fully saturated rings. The molecule has 0 unspecified atom stereocenters. The van der Waals surface area contributed by atoms with Gasteiger partial charge in [-0.15, -0.1) is 0 Å². The largest absolute Gasteiger partial charge is 0.444 e. The van der Waals surface area contributed by atoms with Crippen LogP contribution in [0.25, 0.3) is 0 Å². The molecule has 10 nitrogen and oxygen atoms in total. The topological polar surface area (TPSA) is 102 Å². The Balaban J connectivity index is 1.32. The third-order valence-corrected chi connectivity index (χ3v) is 8.07. The number of urea groups is 1. The quantitative estimate of drug-likeness (QED) is 0.220. The lowest BCUT2D eigenvalue weighted by Crippen LogP contribution is -2.53. The third-order valence-electron chi connectivity index (χ3n) is 8.07. The standard InChI is InChI=1S/C34H34F5N5O5/c1-32(2,3)49-31(48)41-14-15-42(28(45)19-41)23-10-8-22(9-11-23)40-27-16-21(35)7-6-20(27)18-43-30(47)44(29(46)33(43,4)5)24-12-13-26(36)25(17-24)34(37,38)39/h6-13,16-17,40H,14-15,18-19H2,1-5H3. The highest BCUT2D eigenvalue weighted by Crippen LogP contribution is 2.38. The maximum Gasteiger partial charge on any atom is 0.419 e. The van der Waals surface area contributed by atoms with E-state index in [4.69, 9.17) is 4.74 Å². The molecule has 5 amide bonds. The molecule has 2 aliphatic heterocycles. The van der Waals surface area contributed by atoms with Crippen molar-refractivity contribution in [3.63, 3.8) is 0 Å². The lowest BCUT2D eigenvalue weighted by Gasteiger charge is -2.35. The summed E-state index contributed by atoms with van der Waals surface area (Å²) in [7, 11) is 0. The molecule has 260 valence electrons. The summed E-state index contributed by atoms with van der Waals surface area (Å²) in [5.74, 6) is -3.28. The molecular formula is C34H34F5N5O5. The van der Waals surface area contributed by atoms with Gasteiger partial charge < -0.3 is 19.9 Å². The van der Waals surface area contributed by atoms with Crippen molar-refractivity contribution in [3.8, 4) is 0 Å². The van der Waals surface area contributed by atoms with Crippen LogP contribution >= 0.6 is 0 Å². The number of benzene rings is 3. The van der Waals surface area contributed by atoms with Gasteiger partial charge in [0.1, 0.15) is 29.3 Å². The lowest BCUT2D eigenvalue weighted by atomic mass is 10.0. The van der Waals surface area contributed by atoms with E-state index in [1.165, 1.54) is 35.8 Å². The number of rotatable bonds is 6. The molecule has 0 aliphatic carbocycles. The van der Waals surface area contributed by atoms with E-state index in [-0.39, 0.29) is 37.8 Å². The van der Waals surface area contributed by atoms with Gasteiger partial charge >= 0.3 is 18.3 Å². The number of imide groups is 1. The minimum absolute atomic E-state index is 0.155. The van der Waals surface area contributed by atoms with E-state index in [9.17, 15) is 41.1 Å². The number of amides is 5. The smallest absolute Gasteiger partial charge is 0.419 e. The summed E-state index contributed by atoms with van der Waals surface area (Å²) in [4.78, 5) is 56.8. The van der Waals surface area contributed by atoms with E-state index in [1.807, 2.05) is 0 Å². The Bertz CT molecular complexity index is 1810. The van der Waals surface area contributed by atoms with Crippen LogP contribution in [0.1, 0.15) is 45.7 Å². The molecule has 2 saturated heterocycles. The van der Waals surface area contributed by atoms with Crippen LogP contribution in [0.2, 0.25) is 0 Å². The minimum atomic E-state index is -5.06. The molecule has 15 heteroatoms. The Morgan fingerprint density at radius 3 is 2.16 bits per heavy atom. The van der Waals surface area contributed by atoms with E-state index >= 15 is 0 Å². The summed E-state index contributed by atoms with van der Waals surface area (Å²) in [5.41, 5.74) is -2.62. The number of anilines is 4. The molecule has 3 aromatic carbocycles. The number of hydrogen-bond acceptors (Lipinski definition) is 6.